The van der Waals surface area contributed by atoms with Gasteiger partial charge < -0.3 is 14.6 Å². The molecule has 1 amide bonds. The molecule has 0 spiro atoms. The van der Waals surface area contributed by atoms with Crippen molar-refractivity contribution in [2.45, 2.75) is 58.5 Å². The van der Waals surface area contributed by atoms with Crippen molar-refractivity contribution in [2.75, 3.05) is 6.61 Å². The number of carbonyl (C=O) groups is 1. The highest BCUT2D eigenvalue weighted by Crippen LogP contribution is 2.22. The molecular weight excluding hydrogens is 398 g/mol. The zero-order valence-electron chi connectivity index (χ0n) is 17.7. The molecule has 0 saturated heterocycles. The van der Waals surface area contributed by atoms with Crippen LogP contribution >= 0.6 is 11.6 Å². The minimum atomic E-state index is -0.214. The number of halogens is 1. The minimum Gasteiger partial charge on any atom is -0.484 e. The molecule has 1 N–H and O–H groups in total. The minimum absolute atomic E-state index is 0.0524. The van der Waals surface area contributed by atoms with Gasteiger partial charge in [-0.1, -0.05) is 56.3 Å². The Balaban J connectivity index is 1.64. The summed E-state index contributed by atoms with van der Waals surface area (Å²) >= 11 is 5.88. The predicted molar refractivity (Wildman–Crippen MR) is 122 cm³/mol. The number of hydrogen-bond donors (Lipinski definition) is 1. The lowest BCUT2D eigenvalue weighted by Crippen LogP contribution is -2.32. The number of rotatable bonds is 11. The fraction of sp³-hybridized carbons (Fsp3) is 0.417. The molecular formula is C24H30ClN3O2. The molecule has 3 rings (SSSR count). The summed E-state index contributed by atoms with van der Waals surface area (Å²) in [6.07, 6.45) is 6.08. The van der Waals surface area contributed by atoms with Gasteiger partial charge in [-0.2, -0.15) is 0 Å². The van der Waals surface area contributed by atoms with Gasteiger partial charge in [0.05, 0.1) is 17.1 Å². The number of imidazole rings is 1. The molecule has 0 fully saturated rings. The summed E-state index contributed by atoms with van der Waals surface area (Å²) in [7, 11) is 0. The maximum atomic E-state index is 12.4. The Hall–Kier alpha value is -2.53. The van der Waals surface area contributed by atoms with E-state index in [-0.39, 0.29) is 18.6 Å². The van der Waals surface area contributed by atoms with Gasteiger partial charge >= 0.3 is 0 Å². The third-order valence-electron chi connectivity index (χ3n) is 5.12. The third kappa shape index (κ3) is 5.99. The van der Waals surface area contributed by atoms with Crippen LogP contribution in [-0.4, -0.2) is 22.1 Å². The Kier molecular flexibility index (Phi) is 8.14. The van der Waals surface area contributed by atoms with E-state index in [2.05, 4.69) is 22.9 Å². The molecule has 0 bridgehead atoms. The fourth-order valence-electron chi connectivity index (χ4n) is 3.56. The second kappa shape index (κ2) is 11.0. The van der Waals surface area contributed by atoms with Gasteiger partial charge in [0, 0.05) is 11.6 Å². The first-order valence-corrected chi connectivity index (χ1v) is 11.1. The number of hydrogen-bond acceptors (Lipinski definition) is 3. The van der Waals surface area contributed by atoms with E-state index in [4.69, 9.17) is 21.3 Å². The molecule has 3 aromatic rings. The Morgan fingerprint density at radius 1 is 1.10 bits per heavy atom. The second-order valence-electron chi connectivity index (χ2n) is 7.56. The Morgan fingerprint density at radius 3 is 2.60 bits per heavy atom. The molecule has 1 atom stereocenters. The summed E-state index contributed by atoms with van der Waals surface area (Å²) in [5.41, 5.74) is 2.07. The lowest BCUT2D eigenvalue weighted by molar-refractivity contribution is -0.123. The smallest absolute Gasteiger partial charge is 0.258 e. The monoisotopic (exact) mass is 427 g/mol. The largest absolute Gasteiger partial charge is 0.484 e. The Morgan fingerprint density at radius 2 is 1.83 bits per heavy atom. The molecule has 0 aliphatic rings. The molecule has 1 aromatic heterocycles. The average Bonchev–Trinajstić information content (AvgIpc) is 3.12. The average molecular weight is 428 g/mol. The summed E-state index contributed by atoms with van der Waals surface area (Å²) in [5, 5.41) is 3.65. The molecule has 0 aliphatic heterocycles. The summed E-state index contributed by atoms with van der Waals surface area (Å²) < 4.78 is 7.80. The highest BCUT2D eigenvalue weighted by molar-refractivity contribution is 6.30. The first-order chi connectivity index (χ1) is 14.6. The predicted octanol–water partition coefficient (Wildman–Crippen LogP) is 5.92. The number of nitrogens with zero attached hydrogens (tertiary/aromatic N) is 2. The van der Waals surface area contributed by atoms with Gasteiger partial charge in [0.25, 0.3) is 5.91 Å². The number of aryl methyl sites for hydroxylation is 1. The van der Waals surface area contributed by atoms with E-state index in [0.29, 0.717) is 10.8 Å². The van der Waals surface area contributed by atoms with Gasteiger partial charge in [-0.05, 0) is 49.7 Å². The van der Waals surface area contributed by atoms with Crippen molar-refractivity contribution < 1.29 is 9.53 Å². The van der Waals surface area contributed by atoms with Crippen LogP contribution in [0, 0.1) is 0 Å². The van der Waals surface area contributed by atoms with Crippen LogP contribution in [0.1, 0.15) is 57.8 Å². The highest BCUT2D eigenvalue weighted by atomic mass is 35.5. The molecule has 30 heavy (non-hydrogen) atoms. The molecule has 1 heterocycles. The van der Waals surface area contributed by atoms with Gasteiger partial charge in [-0.3, -0.25) is 4.79 Å². The Bertz CT molecular complexity index is 953. The van der Waals surface area contributed by atoms with E-state index in [0.717, 1.165) is 29.8 Å². The van der Waals surface area contributed by atoms with E-state index in [9.17, 15) is 4.79 Å². The molecule has 160 valence electrons. The van der Waals surface area contributed by atoms with Crippen molar-refractivity contribution in [2.24, 2.45) is 0 Å². The summed E-state index contributed by atoms with van der Waals surface area (Å²) in [5.74, 6) is 1.31. The van der Waals surface area contributed by atoms with E-state index in [1.54, 1.807) is 24.3 Å². The van der Waals surface area contributed by atoms with Gasteiger partial charge in [0.2, 0.25) is 0 Å². The lowest BCUT2D eigenvalue weighted by Gasteiger charge is -2.17. The van der Waals surface area contributed by atoms with Crippen LogP contribution in [0.4, 0.5) is 0 Å². The Labute approximate surface area is 183 Å². The number of nitrogens with one attached hydrogen (secondary N) is 1. The van der Waals surface area contributed by atoms with Crippen LogP contribution in [0.15, 0.2) is 48.5 Å². The number of benzene rings is 2. The molecule has 0 radical (unpaired) electrons. The topological polar surface area (TPSA) is 56.2 Å². The number of amides is 1. The van der Waals surface area contributed by atoms with Gasteiger partial charge in [0.1, 0.15) is 11.6 Å². The van der Waals surface area contributed by atoms with Gasteiger partial charge in [0.15, 0.2) is 6.61 Å². The number of ether oxygens (including phenoxy) is 1. The lowest BCUT2D eigenvalue weighted by atomic mass is 10.1. The number of para-hydroxylation sites is 2. The highest BCUT2D eigenvalue weighted by Gasteiger charge is 2.18. The van der Waals surface area contributed by atoms with Crippen LogP contribution < -0.4 is 10.1 Å². The normalized spacial score (nSPS) is 12.1. The molecule has 5 nitrogen and oxygen atoms in total. The summed E-state index contributed by atoms with van der Waals surface area (Å²) in [6.45, 7) is 5.04. The van der Waals surface area contributed by atoms with E-state index >= 15 is 0 Å². The third-order valence-corrected chi connectivity index (χ3v) is 5.37. The van der Waals surface area contributed by atoms with Crippen molar-refractivity contribution in [1.29, 1.82) is 0 Å². The zero-order chi connectivity index (χ0) is 21.3. The molecule has 0 saturated carbocycles. The first kappa shape index (κ1) is 22.2. The van der Waals surface area contributed by atoms with Crippen molar-refractivity contribution in [3.05, 3.63) is 59.4 Å². The first-order valence-electron chi connectivity index (χ1n) is 10.7. The maximum absolute atomic E-state index is 12.4. The zero-order valence-corrected chi connectivity index (χ0v) is 18.5. The SMILES string of the molecule is CCCCCCCn1c(C(C)NC(=O)COc2ccc(Cl)cc2)nc2ccccc21. The van der Waals surface area contributed by atoms with Crippen LogP contribution in [-0.2, 0) is 11.3 Å². The molecule has 0 aliphatic carbocycles. The molecule has 1 unspecified atom stereocenters. The van der Waals surface area contributed by atoms with Gasteiger partial charge in [-0.15, -0.1) is 0 Å². The van der Waals surface area contributed by atoms with Crippen LogP contribution in [0.5, 0.6) is 5.75 Å². The van der Waals surface area contributed by atoms with Gasteiger partial charge in [-0.25, -0.2) is 4.98 Å². The van der Waals surface area contributed by atoms with Crippen molar-refractivity contribution in [1.82, 2.24) is 14.9 Å². The summed E-state index contributed by atoms with van der Waals surface area (Å²) in [6, 6.07) is 14.9. The van der Waals surface area contributed by atoms with Crippen molar-refractivity contribution in [3.8, 4) is 5.75 Å². The van der Waals surface area contributed by atoms with E-state index in [1.165, 1.54) is 25.7 Å². The van der Waals surface area contributed by atoms with Crippen molar-refractivity contribution in [3.63, 3.8) is 0 Å². The van der Waals surface area contributed by atoms with E-state index in [1.807, 2.05) is 25.1 Å². The van der Waals surface area contributed by atoms with Crippen LogP contribution in [0.2, 0.25) is 5.02 Å². The van der Waals surface area contributed by atoms with Crippen LogP contribution in [0.25, 0.3) is 11.0 Å². The molecule has 6 heteroatoms. The van der Waals surface area contributed by atoms with Crippen LogP contribution in [0.3, 0.4) is 0 Å². The molecule has 2 aromatic carbocycles. The number of fused-ring (bicyclic) bond motifs is 1. The van der Waals surface area contributed by atoms with Crippen molar-refractivity contribution >= 4 is 28.5 Å². The number of aromatic nitrogens is 2. The standard InChI is InChI=1S/C24H30ClN3O2/c1-3-4-5-6-9-16-28-22-11-8-7-10-21(22)27-24(28)18(2)26-23(29)17-30-20-14-12-19(25)13-15-20/h7-8,10-15,18H,3-6,9,16-17H2,1-2H3,(H,26,29). The number of carbonyl (C=O) groups excluding carboxylic acids is 1. The maximum Gasteiger partial charge on any atom is 0.258 e. The number of unbranched alkanes of at least 4 members (excludes halogenated alkanes) is 4. The van der Waals surface area contributed by atoms with E-state index < -0.39 is 0 Å². The fourth-order valence-corrected chi connectivity index (χ4v) is 3.69. The second-order valence-corrected chi connectivity index (χ2v) is 7.99. The summed E-state index contributed by atoms with van der Waals surface area (Å²) in [4.78, 5) is 17.2. The quantitative estimate of drug-likeness (QED) is 0.386.